The molecule has 11 heavy (non-hydrogen) atoms. The number of amides is 1. The average Bonchev–Trinajstić information content (AvgIpc) is 2.52. The van der Waals surface area contributed by atoms with Gasteiger partial charge in [0.05, 0.1) is 11.2 Å². The zero-order chi connectivity index (χ0) is 8.10. The molecule has 1 aromatic rings. The van der Waals surface area contributed by atoms with Gasteiger partial charge in [0.1, 0.15) is 0 Å². The molecule has 0 saturated carbocycles. The average molecular weight is 169 g/mol. The van der Waals surface area contributed by atoms with Crippen molar-refractivity contribution in [2.75, 3.05) is 0 Å². The molecule has 0 atom stereocenters. The molecule has 1 rings (SSSR count). The van der Waals surface area contributed by atoms with E-state index in [4.69, 9.17) is 5.84 Å². The van der Waals surface area contributed by atoms with Crippen LogP contribution in [0.1, 0.15) is 5.69 Å². The first-order valence-corrected chi connectivity index (χ1v) is 3.84. The minimum Gasteiger partial charge on any atom is -0.291 e. The summed E-state index contributed by atoms with van der Waals surface area (Å²) in [5.41, 5.74) is 4.43. The smallest absolute Gasteiger partial charge is 0.257 e. The fourth-order valence-corrected chi connectivity index (χ4v) is 1.04. The Labute approximate surface area is 67.7 Å². The van der Waals surface area contributed by atoms with Crippen LogP contribution in [-0.2, 0) is 4.79 Å². The van der Waals surface area contributed by atoms with E-state index in [1.165, 1.54) is 17.4 Å². The van der Waals surface area contributed by atoms with Crippen LogP contribution in [0.3, 0.4) is 0 Å². The lowest BCUT2D eigenvalue weighted by Crippen LogP contribution is -2.27. The highest BCUT2D eigenvalue weighted by Crippen LogP contribution is 2.01. The Morgan fingerprint density at radius 3 is 3.18 bits per heavy atom. The predicted molar refractivity (Wildman–Crippen MR) is 43.5 cm³/mol. The van der Waals surface area contributed by atoms with Gasteiger partial charge in [-0.1, -0.05) is 0 Å². The number of nitrogens with two attached hydrogens (primary N) is 1. The van der Waals surface area contributed by atoms with Crippen molar-refractivity contribution >= 4 is 23.3 Å². The lowest BCUT2D eigenvalue weighted by Gasteiger charge is -1.87. The van der Waals surface area contributed by atoms with Gasteiger partial charge >= 0.3 is 0 Å². The Morgan fingerprint density at radius 1 is 1.82 bits per heavy atom. The van der Waals surface area contributed by atoms with Gasteiger partial charge in [-0.05, 0) is 6.08 Å². The second kappa shape index (κ2) is 3.85. The van der Waals surface area contributed by atoms with Gasteiger partial charge in [0, 0.05) is 11.5 Å². The Bertz CT molecular complexity index is 255. The van der Waals surface area contributed by atoms with Crippen molar-refractivity contribution in [1.29, 1.82) is 0 Å². The highest BCUT2D eigenvalue weighted by molar-refractivity contribution is 7.07. The second-order valence-electron chi connectivity index (χ2n) is 1.76. The topological polar surface area (TPSA) is 68.0 Å². The molecule has 5 heteroatoms. The molecule has 1 aromatic heterocycles. The fraction of sp³-hybridized carbons (Fsp3) is 0. The summed E-state index contributed by atoms with van der Waals surface area (Å²) < 4.78 is 0. The van der Waals surface area contributed by atoms with E-state index in [0.29, 0.717) is 0 Å². The normalized spacial score (nSPS) is 10.3. The number of rotatable bonds is 2. The van der Waals surface area contributed by atoms with Crippen molar-refractivity contribution in [3.8, 4) is 0 Å². The van der Waals surface area contributed by atoms with Crippen molar-refractivity contribution in [3.63, 3.8) is 0 Å². The number of aromatic nitrogens is 1. The van der Waals surface area contributed by atoms with Crippen molar-refractivity contribution in [1.82, 2.24) is 10.4 Å². The molecule has 0 aliphatic heterocycles. The maximum atomic E-state index is 10.6. The van der Waals surface area contributed by atoms with E-state index in [9.17, 15) is 4.79 Å². The van der Waals surface area contributed by atoms with Crippen LogP contribution in [0.25, 0.3) is 6.08 Å². The molecule has 1 heterocycles. The minimum atomic E-state index is -0.335. The molecule has 0 bridgehead atoms. The van der Waals surface area contributed by atoms with Gasteiger partial charge < -0.3 is 0 Å². The van der Waals surface area contributed by atoms with Gasteiger partial charge in [0.2, 0.25) is 0 Å². The second-order valence-corrected chi connectivity index (χ2v) is 2.47. The molecular formula is C6H7N3OS. The SMILES string of the molecule is NNC(=O)/C=C/c1cscn1. The fourth-order valence-electron chi connectivity index (χ4n) is 0.513. The Hall–Kier alpha value is -1.20. The number of nitrogens with one attached hydrogen (secondary N) is 1. The Kier molecular flexibility index (Phi) is 2.76. The van der Waals surface area contributed by atoms with Crippen molar-refractivity contribution in [3.05, 3.63) is 22.7 Å². The van der Waals surface area contributed by atoms with Gasteiger partial charge in [-0.25, -0.2) is 10.8 Å². The zero-order valence-electron chi connectivity index (χ0n) is 5.65. The van der Waals surface area contributed by atoms with E-state index in [1.54, 1.807) is 11.6 Å². The summed E-state index contributed by atoms with van der Waals surface area (Å²) >= 11 is 1.47. The molecular weight excluding hydrogens is 162 g/mol. The van der Waals surface area contributed by atoms with Crippen LogP contribution in [-0.4, -0.2) is 10.9 Å². The van der Waals surface area contributed by atoms with Crippen LogP contribution in [0.2, 0.25) is 0 Å². The number of nitrogens with zero attached hydrogens (tertiary/aromatic N) is 1. The Balaban J connectivity index is 2.55. The van der Waals surface area contributed by atoms with Gasteiger partial charge in [-0.15, -0.1) is 11.3 Å². The highest BCUT2D eigenvalue weighted by atomic mass is 32.1. The quantitative estimate of drug-likeness (QED) is 0.286. The van der Waals surface area contributed by atoms with Crippen LogP contribution in [0, 0.1) is 0 Å². The van der Waals surface area contributed by atoms with Crippen LogP contribution >= 0.6 is 11.3 Å². The molecule has 0 aromatic carbocycles. The third kappa shape index (κ3) is 2.48. The minimum absolute atomic E-state index is 0.335. The van der Waals surface area contributed by atoms with E-state index in [1.807, 2.05) is 10.8 Å². The number of thiazole rings is 1. The molecule has 0 aliphatic carbocycles. The first kappa shape index (κ1) is 7.90. The van der Waals surface area contributed by atoms with E-state index < -0.39 is 0 Å². The lowest BCUT2D eigenvalue weighted by molar-refractivity contribution is -0.116. The molecule has 0 unspecified atom stereocenters. The lowest BCUT2D eigenvalue weighted by atomic mass is 10.4. The standard InChI is InChI=1S/C6H7N3OS/c7-9-6(10)2-1-5-3-11-4-8-5/h1-4H,7H2,(H,9,10)/b2-1+. The summed E-state index contributed by atoms with van der Waals surface area (Å²) in [6, 6.07) is 0. The Morgan fingerprint density at radius 2 is 2.64 bits per heavy atom. The summed E-state index contributed by atoms with van der Waals surface area (Å²) in [5, 5.41) is 1.83. The van der Waals surface area contributed by atoms with E-state index in [2.05, 4.69) is 4.98 Å². The summed E-state index contributed by atoms with van der Waals surface area (Å²) in [5.74, 6) is 4.51. The van der Waals surface area contributed by atoms with E-state index in [-0.39, 0.29) is 5.91 Å². The summed E-state index contributed by atoms with van der Waals surface area (Å²) in [4.78, 5) is 14.5. The summed E-state index contributed by atoms with van der Waals surface area (Å²) in [6.07, 6.45) is 2.92. The molecule has 0 spiro atoms. The summed E-state index contributed by atoms with van der Waals surface area (Å²) in [7, 11) is 0. The van der Waals surface area contributed by atoms with Gasteiger partial charge in [0.15, 0.2) is 0 Å². The van der Waals surface area contributed by atoms with Gasteiger partial charge in [-0.2, -0.15) is 0 Å². The molecule has 4 nitrogen and oxygen atoms in total. The first-order chi connectivity index (χ1) is 5.33. The number of hydrazine groups is 1. The largest absolute Gasteiger partial charge is 0.291 e. The summed E-state index contributed by atoms with van der Waals surface area (Å²) in [6.45, 7) is 0. The van der Waals surface area contributed by atoms with Crippen molar-refractivity contribution in [2.24, 2.45) is 5.84 Å². The van der Waals surface area contributed by atoms with E-state index in [0.717, 1.165) is 5.69 Å². The molecule has 0 fully saturated rings. The predicted octanol–water partition coefficient (Wildman–Crippen LogP) is 0.146. The number of hydrogen-bond acceptors (Lipinski definition) is 4. The highest BCUT2D eigenvalue weighted by Gasteiger charge is 1.90. The van der Waals surface area contributed by atoms with Crippen molar-refractivity contribution in [2.45, 2.75) is 0 Å². The molecule has 1 amide bonds. The maximum Gasteiger partial charge on any atom is 0.257 e. The molecule has 0 radical (unpaired) electrons. The third-order valence-electron chi connectivity index (χ3n) is 0.999. The number of hydrogen-bond donors (Lipinski definition) is 2. The van der Waals surface area contributed by atoms with Crippen LogP contribution in [0.15, 0.2) is 17.0 Å². The molecule has 3 N–H and O–H groups in total. The third-order valence-corrected chi connectivity index (χ3v) is 1.60. The number of carbonyl (C=O) groups excluding carboxylic acids is 1. The number of carbonyl (C=O) groups is 1. The van der Waals surface area contributed by atoms with Gasteiger partial charge in [0.25, 0.3) is 5.91 Å². The van der Waals surface area contributed by atoms with Crippen LogP contribution in [0.4, 0.5) is 0 Å². The van der Waals surface area contributed by atoms with Crippen molar-refractivity contribution < 1.29 is 4.79 Å². The van der Waals surface area contributed by atoms with Crippen LogP contribution in [0.5, 0.6) is 0 Å². The maximum absolute atomic E-state index is 10.6. The van der Waals surface area contributed by atoms with Gasteiger partial charge in [-0.3, -0.25) is 10.2 Å². The monoisotopic (exact) mass is 169 g/mol. The van der Waals surface area contributed by atoms with E-state index >= 15 is 0 Å². The molecule has 58 valence electrons. The first-order valence-electron chi connectivity index (χ1n) is 2.90. The molecule has 0 aliphatic rings. The molecule has 0 saturated heterocycles. The zero-order valence-corrected chi connectivity index (χ0v) is 6.47. The van der Waals surface area contributed by atoms with Crippen LogP contribution < -0.4 is 11.3 Å².